The smallest absolute Gasteiger partial charge is 0.243 e. The number of carbonyl (C=O) groups excluding carboxylic acids is 10. The summed E-state index contributed by atoms with van der Waals surface area (Å²) in [5.74, 6) is -9.34. The second kappa shape index (κ2) is 31.0. The second-order valence-electron chi connectivity index (χ2n) is 19.6. The Morgan fingerprint density at radius 2 is 1.35 bits per heavy atom. The Kier molecular flexibility index (Phi) is 24.7. The highest BCUT2D eigenvalue weighted by molar-refractivity contribution is 5.98. The summed E-state index contributed by atoms with van der Waals surface area (Å²) >= 11 is 0. The first-order valence-electron chi connectivity index (χ1n) is 25.9. The number of fused-ring (bicyclic) bond motifs is 1. The van der Waals surface area contributed by atoms with Gasteiger partial charge < -0.3 is 66.0 Å². The summed E-state index contributed by atoms with van der Waals surface area (Å²) < 4.78 is 0. The van der Waals surface area contributed by atoms with Crippen LogP contribution in [0.1, 0.15) is 114 Å². The van der Waals surface area contributed by atoms with Gasteiger partial charge in [0.15, 0.2) is 17.7 Å². The third kappa shape index (κ3) is 21.2. The number of H-pyrrole nitrogens is 1. The summed E-state index contributed by atoms with van der Waals surface area (Å²) in [6.07, 6.45) is 0.657. The van der Waals surface area contributed by atoms with Crippen LogP contribution in [0.15, 0.2) is 64.7 Å². The molecule has 1 aliphatic heterocycles. The van der Waals surface area contributed by atoms with Crippen LogP contribution in [-0.4, -0.2) is 119 Å². The summed E-state index contributed by atoms with van der Waals surface area (Å²) in [7, 11) is 0. The molecule has 77 heavy (non-hydrogen) atoms. The van der Waals surface area contributed by atoms with E-state index in [1.54, 1.807) is 24.4 Å². The summed E-state index contributed by atoms with van der Waals surface area (Å²) in [6, 6.07) is 7.85. The number of nitrogens with two attached hydrogens (primary N) is 6. The second-order valence-corrected chi connectivity index (χ2v) is 19.6. The number of primary amides is 2. The molecule has 0 unspecified atom stereocenters. The van der Waals surface area contributed by atoms with Gasteiger partial charge in [-0.25, -0.2) is 0 Å². The van der Waals surface area contributed by atoms with Gasteiger partial charge in [-0.3, -0.25) is 57.9 Å². The van der Waals surface area contributed by atoms with E-state index in [1.165, 1.54) is 6.92 Å². The Morgan fingerprint density at radius 1 is 0.688 bits per heavy atom. The average Bonchev–Trinajstić information content (AvgIpc) is 3.78. The lowest BCUT2D eigenvalue weighted by Crippen LogP contribution is -2.58. The number of aliphatic imine (C=N–C) groups is 2. The minimum absolute atomic E-state index is 0.0276. The highest BCUT2D eigenvalue weighted by Gasteiger charge is 2.35. The Hall–Kier alpha value is -8.18. The molecule has 2 aromatic carbocycles. The SMILES string of the molecule is CC(=O)N[C@@H](CCCN=C(N)N)C(=O)N[C@H]1CCCCC(=O)CC[C@@H](C(N)=O)NC(=O)[C@H](Cc2c[nH]c3ccccc23)CC(=O)[C@H](CCCN=C(N)N)CC(=O)[C@@H](Cc2ccccc2C)NC(=O)[C@H](CCC(N)=O)NC1=O. The molecule has 1 saturated heterocycles. The number of hydrogen-bond donors (Lipinski definition) is 12. The molecule has 1 aromatic heterocycles. The number of rotatable bonds is 19. The highest BCUT2D eigenvalue weighted by atomic mass is 16.2. The molecule has 18 N–H and O–H groups in total. The first-order valence-corrected chi connectivity index (χ1v) is 25.9. The van der Waals surface area contributed by atoms with Crippen LogP contribution >= 0.6 is 0 Å². The Morgan fingerprint density at radius 3 is 2.03 bits per heavy atom. The Bertz CT molecular complexity index is 2640. The van der Waals surface area contributed by atoms with Crippen molar-refractivity contribution in [1.82, 2.24) is 31.6 Å². The van der Waals surface area contributed by atoms with Gasteiger partial charge in [0.25, 0.3) is 0 Å². The number of Topliss-reactive ketones (excluding diaryl/α,β-unsaturated/α-hetero) is 3. The third-order valence-corrected chi connectivity index (χ3v) is 13.4. The van der Waals surface area contributed by atoms with Gasteiger partial charge in [0, 0.05) is 81.1 Å². The minimum atomic E-state index is -1.51. The van der Waals surface area contributed by atoms with Crippen LogP contribution in [0.25, 0.3) is 10.9 Å². The van der Waals surface area contributed by atoms with Crippen molar-refractivity contribution in [3.8, 4) is 0 Å². The molecule has 0 radical (unpaired) electrons. The van der Waals surface area contributed by atoms with Crippen molar-refractivity contribution in [1.29, 1.82) is 0 Å². The standard InChI is InChI=1S/C53H76N14O10/c1-30-11-3-4-12-32(30)26-43-45(71)27-33(13-9-23-60-52(56)57)44(70)28-34(25-35-29-62-38-16-8-6-15-37(35)38)48(74)64-39(47(55)73)20-19-36(69)14-5-7-17-41(50(76)66-42(51(77)67-43)21-22-46(54)72)65-49(75)40(63-31(2)68)18-10-24-61-53(58)59/h3-4,6,8,11-12,15-16,29,33-34,39-43,62H,5,7,9-10,13-14,17-28H2,1-2H3,(H2,54,72)(H2,55,73)(H,63,68)(H,64,74)(H,65,75)(H,66,76)(H,67,77)(H4,56,57,60)(H4,58,59,61)/t33-,34-,39+,40+,41+,42+,43-/m1/s1. The van der Waals surface area contributed by atoms with Gasteiger partial charge >= 0.3 is 0 Å². The topological polar surface area (TPSA) is 427 Å². The lowest BCUT2D eigenvalue weighted by molar-refractivity contribution is -0.135. The van der Waals surface area contributed by atoms with E-state index in [1.807, 2.05) is 37.3 Å². The van der Waals surface area contributed by atoms with Crippen molar-refractivity contribution < 1.29 is 47.9 Å². The van der Waals surface area contributed by atoms with Crippen LogP contribution in [0.5, 0.6) is 0 Å². The van der Waals surface area contributed by atoms with E-state index < -0.39 is 108 Å². The molecule has 0 saturated carbocycles. The maximum absolute atomic E-state index is 14.9. The lowest BCUT2D eigenvalue weighted by atomic mass is 9.83. The molecule has 4 rings (SSSR count). The average molecular weight is 1070 g/mol. The van der Waals surface area contributed by atoms with Crippen LogP contribution in [0.2, 0.25) is 0 Å². The molecule has 24 heteroatoms. The fourth-order valence-electron chi connectivity index (χ4n) is 9.18. The molecule has 0 bridgehead atoms. The molecule has 1 aliphatic rings. The number of guanidine groups is 2. The van der Waals surface area contributed by atoms with E-state index in [0.29, 0.717) is 11.1 Å². The predicted octanol–water partition coefficient (Wildman–Crippen LogP) is -0.362. The fourth-order valence-corrected chi connectivity index (χ4v) is 9.18. The van der Waals surface area contributed by atoms with E-state index in [2.05, 4.69) is 41.6 Å². The Labute approximate surface area is 447 Å². The number of aromatic amines is 1. The zero-order valence-corrected chi connectivity index (χ0v) is 43.9. The largest absolute Gasteiger partial charge is 0.370 e. The molecule has 24 nitrogen and oxygen atoms in total. The summed E-state index contributed by atoms with van der Waals surface area (Å²) in [6.45, 7) is 3.25. The molecule has 2 heterocycles. The number of benzene rings is 2. The molecular formula is C53H76N14O10. The number of hydrogen-bond acceptors (Lipinski definition) is 12. The van der Waals surface area contributed by atoms with Crippen molar-refractivity contribution in [3.63, 3.8) is 0 Å². The fraction of sp³-hybridized carbons (Fsp3) is 0.509. The van der Waals surface area contributed by atoms with Gasteiger partial charge in [-0.05, 0) is 93.9 Å². The number of aromatic nitrogens is 1. The van der Waals surface area contributed by atoms with Gasteiger partial charge in [0.05, 0.1) is 6.04 Å². The molecule has 7 atom stereocenters. The molecular weight excluding hydrogens is 993 g/mol. The van der Waals surface area contributed by atoms with E-state index in [4.69, 9.17) is 34.4 Å². The predicted molar refractivity (Wildman–Crippen MR) is 289 cm³/mol. The molecule has 1 fully saturated rings. The number of nitrogens with one attached hydrogen (secondary N) is 6. The Balaban J connectivity index is 1.80. The summed E-state index contributed by atoms with van der Waals surface area (Å²) in [5, 5.41) is 14.1. The van der Waals surface area contributed by atoms with Gasteiger partial charge in [-0.1, -0.05) is 48.9 Å². The molecule has 7 amide bonds. The minimum Gasteiger partial charge on any atom is -0.370 e. The zero-order chi connectivity index (χ0) is 56.6. The first kappa shape index (κ1) is 61.4. The molecule has 0 aliphatic carbocycles. The quantitative estimate of drug-likeness (QED) is 0.0415. The van der Waals surface area contributed by atoms with Crippen LogP contribution < -0.4 is 61.0 Å². The summed E-state index contributed by atoms with van der Waals surface area (Å²) in [5.41, 5.74) is 36.4. The molecule has 0 spiro atoms. The number of amides is 7. The maximum atomic E-state index is 14.9. The van der Waals surface area contributed by atoms with Crippen molar-refractivity contribution in [3.05, 3.63) is 71.4 Å². The van der Waals surface area contributed by atoms with Crippen LogP contribution in [-0.2, 0) is 60.8 Å². The maximum Gasteiger partial charge on any atom is 0.243 e. The zero-order valence-electron chi connectivity index (χ0n) is 43.9. The first-order chi connectivity index (χ1) is 36.6. The summed E-state index contributed by atoms with van der Waals surface area (Å²) in [4.78, 5) is 149. The number of ketones is 3. The monoisotopic (exact) mass is 1070 g/mol. The molecule has 418 valence electrons. The molecule has 3 aromatic rings. The van der Waals surface area contributed by atoms with E-state index >= 15 is 0 Å². The van der Waals surface area contributed by atoms with Gasteiger partial charge in [0.1, 0.15) is 35.7 Å². The van der Waals surface area contributed by atoms with Gasteiger partial charge in [0.2, 0.25) is 41.4 Å². The number of nitrogens with zero attached hydrogens (tertiary/aromatic N) is 2. The van der Waals surface area contributed by atoms with Crippen molar-refractivity contribution in [2.45, 2.75) is 147 Å². The normalized spacial score (nSPS) is 21.1. The van der Waals surface area contributed by atoms with Crippen molar-refractivity contribution in [2.24, 2.45) is 56.2 Å². The van der Waals surface area contributed by atoms with Crippen LogP contribution in [0, 0.1) is 18.8 Å². The number of para-hydroxylation sites is 1. The van der Waals surface area contributed by atoms with Crippen molar-refractivity contribution in [2.75, 3.05) is 13.1 Å². The van der Waals surface area contributed by atoms with Gasteiger partial charge in [-0.15, -0.1) is 0 Å². The van der Waals surface area contributed by atoms with Crippen molar-refractivity contribution >= 4 is 81.5 Å². The number of aryl methyl sites for hydroxylation is 1. The highest BCUT2D eigenvalue weighted by Crippen LogP contribution is 2.27. The number of carbonyl (C=O) groups is 10. The van der Waals surface area contributed by atoms with E-state index in [-0.39, 0.29) is 121 Å². The van der Waals surface area contributed by atoms with E-state index in [9.17, 15) is 47.9 Å². The van der Waals surface area contributed by atoms with Crippen LogP contribution in [0.3, 0.4) is 0 Å². The third-order valence-electron chi connectivity index (χ3n) is 13.4. The van der Waals surface area contributed by atoms with Crippen LogP contribution in [0.4, 0.5) is 0 Å². The lowest BCUT2D eigenvalue weighted by Gasteiger charge is -2.27. The van der Waals surface area contributed by atoms with E-state index in [0.717, 1.165) is 16.5 Å². The van der Waals surface area contributed by atoms with Gasteiger partial charge in [-0.2, -0.15) is 0 Å².